The smallest absolute Gasteiger partial charge is 0.210 e. The molecule has 1 N–H and O–H groups in total. The van der Waals surface area contributed by atoms with E-state index in [0.29, 0.717) is 17.7 Å². The molecule has 0 heterocycles. The van der Waals surface area contributed by atoms with Gasteiger partial charge in [0.25, 0.3) is 0 Å². The van der Waals surface area contributed by atoms with Crippen molar-refractivity contribution in [1.29, 1.82) is 5.26 Å². The molecule has 0 fully saturated rings. The fraction of sp³-hybridized carbons (Fsp3) is 0.533. The van der Waals surface area contributed by atoms with Crippen LogP contribution in [0, 0.1) is 18.3 Å². The molecule has 116 valence electrons. The minimum absolute atomic E-state index is 0.0895. The molecule has 0 amide bonds. The highest BCUT2D eigenvalue weighted by molar-refractivity contribution is 8.00. The van der Waals surface area contributed by atoms with E-state index in [9.17, 15) is 8.42 Å². The summed E-state index contributed by atoms with van der Waals surface area (Å²) in [4.78, 5) is 0.184. The van der Waals surface area contributed by atoms with E-state index in [-0.39, 0.29) is 9.64 Å². The van der Waals surface area contributed by atoms with E-state index in [1.165, 1.54) is 6.07 Å². The second-order valence-electron chi connectivity index (χ2n) is 5.01. The van der Waals surface area contributed by atoms with Gasteiger partial charge < -0.3 is 0 Å². The van der Waals surface area contributed by atoms with Gasteiger partial charge in [0, 0.05) is 11.3 Å². The van der Waals surface area contributed by atoms with Crippen molar-refractivity contribution < 1.29 is 8.42 Å². The Morgan fingerprint density at radius 1 is 1.33 bits per heavy atom. The molecule has 0 bridgehead atoms. The summed E-state index contributed by atoms with van der Waals surface area (Å²) in [6, 6.07) is 6.69. The zero-order chi connectivity index (χ0) is 16.1. The number of thioether (sulfide) groups is 1. The molecule has 0 saturated carbocycles. The van der Waals surface area contributed by atoms with E-state index >= 15 is 0 Å². The third-order valence-electron chi connectivity index (χ3n) is 3.91. The Kier molecular flexibility index (Phi) is 6.26. The molecule has 0 aliphatic rings. The van der Waals surface area contributed by atoms with Gasteiger partial charge in [0.2, 0.25) is 10.0 Å². The van der Waals surface area contributed by atoms with Gasteiger partial charge in [0.05, 0.1) is 16.5 Å². The Labute approximate surface area is 132 Å². The van der Waals surface area contributed by atoms with Crippen molar-refractivity contribution in [2.24, 2.45) is 0 Å². The normalized spacial score (nSPS) is 12.1. The largest absolute Gasteiger partial charge is 0.240 e. The van der Waals surface area contributed by atoms with Crippen LogP contribution in [0.15, 0.2) is 23.1 Å². The summed E-state index contributed by atoms with van der Waals surface area (Å²) in [7, 11) is -3.60. The molecule has 0 aliphatic carbocycles. The maximum atomic E-state index is 12.5. The summed E-state index contributed by atoms with van der Waals surface area (Å²) < 4.78 is 27.6. The number of aryl methyl sites for hydroxylation is 1. The van der Waals surface area contributed by atoms with E-state index in [1.807, 2.05) is 12.3 Å². The number of hydrogen-bond acceptors (Lipinski definition) is 4. The molecule has 1 aromatic carbocycles. The molecule has 1 rings (SSSR count). The predicted molar refractivity (Wildman–Crippen MR) is 87.9 cm³/mol. The lowest BCUT2D eigenvalue weighted by Crippen LogP contribution is -2.39. The summed E-state index contributed by atoms with van der Waals surface area (Å²) >= 11 is 1.69. The van der Waals surface area contributed by atoms with Gasteiger partial charge in [0.15, 0.2) is 0 Å². The minimum atomic E-state index is -3.60. The SMILES string of the molecule is CCC(CC)(CNS(=O)(=O)c1cc(C#N)ccc1C)SC. The fourth-order valence-corrected chi connectivity index (χ4v) is 4.41. The van der Waals surface area contributed by atoms with Crippen LogP contribution in [-0.2, 0) is 10.0 Å². The molecule has 4 nitrogen and oxygen atoms in total. The molecule has 0 spiro atoms. The standard InChI is InChI=1S/C15H22N2O2S2/c1-5-15(6-2,20-4)11-17-21(18,19)14-9-13(10-16)8-7-12(14)3/h7-9,17H,5-6,11H2,1-4H3. The van der Waals surface area contributed by atoms with E-state index in [1.54, 1.807) is 30.8 Å². The first-order valence-corrected chi connectivity index (χ1v) is 9.60. The van der Waals surface area contributed by atoms with Crippen molar-refractivity contribution in [3.63, 3.8) is 0 Å². The van der Waals surface area contributed by atoms with Gasteiger partial charge in [-0.25, -0.2) is 13.1 Å². The zero-order valence-corrected chi connectivity index (χ0v) is 14.6. The zero-order valence-electron chi connectivity index (χ0n) is 12.9. The number of nitrogens with zero attached hydrogens (tertiary/aromatic N) is 1. The lowest BCUT2D eigenvalue weighted by atomic mass is 10.0. The molecule has 0 radical (unpaired) electrons. The molecule has 0 unspecified atom stereocenters. The highest BCUT2D eigenvalue weighted by atomic mass is 32.2. The topological polar surface area (TPSA) is 70.0 Å². The minimum Gasteiger partial charge on any atom is -0.210 e. The van der Waals surface area contributed by atoms with Crippen molar-refractivity contribution in [1.82, 2.24) is 4.72 Å². The Bertz CT molecular complexity index is 621. The van der Waals surface area contributed by atoms with Crippen molar-refractivity contribution >= 4 is 21.8 Å². The van der Waals surface area contributed by atoms with E-state index in [2.05, 4.69) is 18.6 Å². The fourth-order valence-electron chi connectivity index (χ4n) is 2.12. The van der Waals surface area contributed by atoms with Gasteiger partial charge in [0.1, 0.15) is 0 Å². The summed E-state index contributed by atoms with van der Waals surface area (Å²) in [5.41, 5.74) is 0.993. The van der Waals surface area contributed by atoms with Crippen LogP contribution in [0.5, 0.6) is 0 Å². The van der Waals surface area contributed by atoms with Crippen LogP contribution in [0.2, 0.25) is 0 Å². The number of rotatable bonds is 7. The first-order valence-electron chi connectivity index (χ1n) is 6.89. The molecule has 1 aromatic rings. The Balaban J connectivity index is 3.05. The van der Waals surface area contributed by atoms with Gasteiger partial charge in [-0.1, -0.05) is 19.9 Å². The van der Waals surface area contributed by atoms with E-state index < -0.39 is 10.0 Å². The highest BCUT2D eigenvalue weighted by Gasteiger charge is 2.28. The Morgan fingerprint density at radius 2 is 1.95 bits per heavy atom. The monoisotopic (exact) mass is 326 g/mol. The van der Waals surface area contributed by atoms with Crippen molar-refractivity contribution in [2.45, 2.75) is 43.3 Å². The second kappa shape index (κ2) is 7.30. The van der Waals surface area contributed by atoms with Crippen molar-refractivity contribution in [3.05, 3.63) is 29.3 Å². The average molecular weight is 326 g/mol. The number of benzene rings is 1. The number of hydrogen-bond donors (Lipinski definition) is 1. The third kappa shape index (κ3) is 4.22. The molecular formula is C15H22N2O2S2. The average Bonchev–Trinajstić information content (AvgIpc) is 2.49. The maximum absolute atomic E-state index is 12.5. The Morgan fingerprint density at radius 3 is 2.43 bits per heavy atom. The summed E-state index contributed by atoms with van der Waals surface area (Å²) in [6.45, 7) is 6.25. The predicted octanol–water partition coefficient (Wildman–Crippen LogP) is 3.07. The van der Waals surface area contributed by atoms with Crippen LogP contribution in [0.4, 0.5) is 0 Å². The summed E-state index contributed by atoms with van der Waals surface area (Å²) in [5, 5.41) is 8.92. The van der Waals surface area contributed by atoms with Crippen LogP contribution in [-0.4, -0.2) is 26.0 Å². The lowest BCUT2D eigenvalue weighted by molar-refractivity contribution is 0.522. The molecule has 0 aliphatic heterocycles. The number of sulfonamides is 1. The molecular weight excluding hydrogens is 304 g/mol. The van der Waals surface area contributed by atoms with Gasteiger partial charge in [-0.3, -0.25) is 0 Å². The molecule has 0 aromatic heterocycles. The van der Waals surface area contributed by atoms with Gasteiger partial charge in [-0.05, 0) is 43.7 Å². The molecule has 21 heavy (non-hydrogen) atoms. The summed E-state index contributed by atoms with van der Waals surface area (Å²) in [6.07, 6.45) is 3.79. The third-order valence-corrected chi connectivity index (χ3v) is 7.04. The van der Waals surface area contributed by atoms with Gasteiger partial charge >= 0.3 is 0 Å². The van der Waals surface area contributed by atoms with Crippen molar-refractivity contribution in [3.8, 4) is 6.07 Å². The number of nitrogens with one attached hydrogen (secondary N) is 1. The molecule has 0 saturated heterocycles. The van der Waals surface area contributed by atoms with Crippen LogP contribution in [0.1, 0.15) is 37.8 Å². The molecule has 0 atom stereocenters. The lowest BCUT2D eigenvalue weighted by Gasteiger charge is -2.29. The first-order chi connectivity index (χ1) is 9.84. The maximum Gasteiger partial charge on any atom is 0.240 e. The van der Waals surface area contributed by atoms with Gasteiger partial charge in [-0.2, -0.15) is 17.0 Å². The van der Waals surface area contributed by atoms with Crippen LogP contribution < -0.4 is 4.72 Å². The highest BCUT2D eigenvalue weighted by Crippen LogP contribution is 2.30. The van der Waals surface area contributed by atoms with Crippen molar-refractivity contribution in [2.75, 3.05) is 12.8 Å². The quantitative estimate of drug-likeness (QED) is 0.836. The van der Waals surface area contributed by atoms with Crippen LogP contribution >= 0.6 is 11.8 Å². The second-order valence-corrected chi connectivity index (χ2v) is 8.02. The Hall–Kier alpha value is -1.03. The van der Waals surface area contributed by atoms with Crippen LogP contribution in [0.3, 0.4) is 0 Å². The van der Waals surface area contributed by atoms with E-state index in [4.69, 9.17) is 5.26 Å². The number of nitriles is 1. The summed E-state index contributed by atoms with van der Waals surface area (Å²) in [5.74, 6) is 0. The molecule has 6 heteroatoms. The van der Waals surface area contributed by atoms with Gasteiger partial charge in [-0.15, -0.1) is 0 Å². The van der Waals surface area contributed by atoms with Crippen LogP contribution in [0.25, 0.3) is 0 Å². The first kappa shape index (κ1) is 18.0. The van der Waals surface area contributed by atoms with E-state index in [0.717, 1.165) is 12.8 Å².